The first-order valence-corrected chi connectivity index (χ1v) is 6.09. The zero-order valence-corrected chi connectivity index (χ0v) is 11.2. The van der Waals surface area contributed by atoms with Gasteiger partial charge in [0.25, 0.3) is 0 Å². The molecule has 9 heteroatoms. The van der Waals surface area contributed by atoms with Gasteiger partial charge in [-0.25, -0.2) is 19.3 Å². The second-order valence-corrected chi connectivity index (χ2v) is 4.41. The van der Waals surface area contributed by atoms with Crippen molar-refractivity contribution in [3.63, 3.8) is 0 Å². The molecule has 1 N–H and O–H groups in total. The van der Waals surface area contributed by atoms with Crippen LogP contribution in [0, 0.1) is 0 Å². The monoisotopic (exact) mass is 310 g/mol. The number of hydrogen-bond donors (Lipinski definition) is 1. The van der Waals surface area contributed by atoms with Gasteiger partial charge >= 0.3 is 11.9 Å². The molecule has 3 rings (SSSR count). The van der Waals surface area contributed by atoms with E-state index in [0.717, 1.165) is 12.1 Å². The molecule has 2 aromatic heterocycles. The van der Waals surface area contributed by atoms with E-state index >= 15 is 0 Å². The van der Waals surface area contributed by atoms with Crippen molar-refractivity contribution in [3.05, 3.63) is 46.6 Å². The van der Waals surface area contributed by atoms with Crippen LogP contribution in [-0.4, -0.2) is 26.7 Å². The van der Waals surface area contributed by atoms with Crippen molar-refractivity contribution in [1.29, 1.82) is 0 Å². The van der Waals surface area contributed by atoms with Crippen LogP contribution >= 0.6 is 0 Å². The van der Waals surface area contributed by atoms with E-state index in [1.54, 1.807) is 0 Å². The second-order valence-electron chi connectivity index (χ2n) is 4.41. The van der Waals surface area contributed by atoms with Crippen LogP contribution in [0.2, 0.25) is 0 Å². The first kappa shape index (κ1) is 14.1. The third-order valence-corrected chi connectivity index (χ3v) is 3.12. The number of alkyl halides is 3. The van der Waals surface area contributed by atoms with Gasteiger partial charge in [0.2, 0.25) is 0 Å². The Labute approximate surface area is 121 Å². The van der Waals surface area contributed by atoms with Gasteiger partial charge in [0.15, 0.2) is 5.65 Å². The van der Waals surface area contributed by atoms with Gasteiger partial charge in [-0.3, -0.25) is 0 Å². The number of nitrogens with zero attached hydrogens (tertiary/aromatic N) is 3. The molecule has 0 spiro atoms. The number of rotatable bonds is 2. The summed E-state index contributed by atoms with van der Waals surface area (Å²) >= 11 is 0. The third-order valence-electron chi connectivity index (χ3n) is 3.12. The highest BCUT2D eigenvalue weighted by Gasteiger charge is 2.31. The fraction of sp³-hybridized carbons (Fsp3) is 0.154. The summed E-state index contributed by atoms with van der Waals surface area (Å²) in [7, 11) is 1.26. The topological polar surface area (TPSA) is 72.3 Å². The van der Waals surface area contributed by atoms with Gasteiger partial charge in [0.1, 0.15) is 11.4 Å². The first-order valence-electron chi connectivity index (χ1n) is 6.09. The van der Waals surface area contributed by atoms with Crippen LogP contribution in [0.4, 0.5) is 13.2 Å². The van der Waals surface area contributed by atoms with Crippen molar-refractivity contribution >= 4 is 5.65 Å². The Morgan fingerprint density at radius 3 is 2.77 bits per heavy atom. The molecule has 22 heavy (non-hydrogen) atoms. The molecule has 0 atom stereocenters. The van der Waals surface area contributed by atoms with Crippen LogP contribution in [-0.2, 0) is 6.18 Å². The number of aromatic amines is 1. The molecule has 0 aliphatic heterocycles. The second kappa shape index (κ2) is 4.86. The van der Waals surface area contributed by atoms with E-state index in [1.165, 1.54) is 30.0 Å². The number of benzene rings is 1. The minimum atomic E-state index is -4.48. The van der Waals surface area contributed by atoms with Crippen molar-refractivity contribution in [3.8, 4) is 17.0 Å². The zero-order chi connectivity index (χ0) is 15.9. The largest absolute Gasteiger partial charge is 0.496 e. The van der Waals surface area contributed by atoms with E-state index in [0.29, 0.717) is 5.56 Å². The lowest BCUT2D eigenvalue weighted by Gasteiger charge is -2.12. The highest BCUT2D eigenvalue weighted by atomic mass is 19.4. The summed E-state index contributed by atoms with van der Waals surface area (Å²) in [5, 5.41) is 6.13. The van der Waals surface area contributed by atoms with Gasteiger partial charge < -0.3 is 4.74 Å². The van der Waals surface area contributed by atoms with Crippen LogP contribution in [0.25, 0.3) is 16.9 Å². The summed E-state index contributed by atoms with van der Waals surface area (Å²) in [5.74, 6) is -0.0146. The fourth-order valence-corrected chi connectivity index (χ4v) is 2.09. The van der Waals surface area contributed by atoms with E-state index in [9.17, 15) is 18.0 Å². The number of hydrogen-bond acceptors (Lipinski definition) is 4. The Balaban J connectivity index is 2.25. The maximum atomic E-state index is 12.8. The minimum Gasteiger partial charge on any atom is -0.496 e. The molecule has 0 saturated heterocycles. The van der Waals surface area contributed by atoms with Gasteiger partial charge in [0, 0.05) is 18.0 Å². The number of imidazole rings is 1. The van der Waals surface area contributed by atoms with Gasteiger partial charge in [0.05, 0.1) is 12.7 Å². The summed E-state index contributed by atoms with van der Waals surface area (Å²) in [4.78, 5) is 15.6. The number of ether oxygens (including phenoxy) is 1. The standard InChI is InChI=1S/C13H9F3N4O2/c1-22-9-6-7(13(14,15)16)2-3-8(9)10-11-17-4-5-20(11)12(21)19-18-10/h2-6H,1H3,(H,19,21). The lowest BCUT2D eigenvalue weighted by Crippen LogP contribution is -2.18. The quantitative estimate of drug-likeness (QED) is 0.787. The van der Waals surface area contributed by atoms with Crippen molar-refractivity contribution in [2.75, 3.05) is 7.11 Å². The SMILES string of the molecule is COc1cc(C(F)(F)F)ccc1-c1n[nH]c(=O)n2ccnc12. The van der Waals surface area contributed by atoms with E-state index < -0.39 is 17.4 Å². The predicted molar refractivity (Wildman–Crippen MR) is 70.6 cm³/mol. The highest BCUT2D eigenvalue weighted by Crippen LogP contribution is 2.36. The van der Waals surface area contributed by atoms with Crippen LogP contribution in [0.5, 0.6) is 5.75 Å². The maximum absolute atomic E-state index is 12.8. The Hall–Kier alpha value is -2.84. The normalized spacial score (nSPS) is 11.8. The Kier molecular flexibility index (Phi) is 3.12. The molecule has 6 nitrogen and oxygen atoms in total. The summed E-state index contributed by atoms with van der Waals surface area (Å²) < 4.78 is 44.5. The molecule has 0 bridgehead atoms. The molecule has 114 valence electrons. The molecule has 0 radical (unpaired) electrons. The van der Waals surface area contributed by atoms with Crippen molar-refractivity contribution < 1.29 is 17.9 Å². The smallest absolute Gasteiger partial charge is 0.416 e. The molecule has 0 aliphatic rings. The van der Waals surface area contributed by atoms with E-state index in [1.807, 2.05) is 0 Å². The maximum Gasteiger partial charge on any atom is 0.416 e. The first-order chi connectivity index (χ1) is 10.4. The van der Waals surface area contributed by atoms with Crippen LogP contribution < -0.4 is 10.4 Å². The van der Waals surface area contributed by atoms with E-state index in [4.69, 9.17) is 4.74 Å². The molecule has 1 aromatic carbocycles. The van der Waals surface area contributed by atoms with Crippen molar-refractivity contribution in [2.45, 2.75) is 6.18 Å². The molecule has 2 heterocycles. The Morgan fingerprint density at radius 2 is 2.09 bits per heavy atom. The zero-order valence-electron chi connectivity index (χ0n) is 11.2. The molecular formula is C13H9F3N4O2. The van der Waals surface area contributed by atoms with Crippen LogP contribution in [0.1, 0.15) is 5.56 Å². The van der Waals surface area contributed by atoms with Crippen LogP contribution in [0.15, 0.2) is 35.4 Å². The molecular weight excluding hydrogens is 301 g/mol. The molecule has 0 fully saturated rings. The number of H-pyrrole nitrogens is 1. The highest BCUT2D eigenvalue weighted by molar-refractivity contribution is 5.78. The molecule has 0 aliphatic carbocycles. The van der Waals surface area contributed by atoms with E-state index in [-0.39, 0.29) is 17.1 Å². The van der Waals surface area contributed by atoms with Gasteiger partial charge in [-0.15, -0.1) is 0 Å². The average molecular weight is 310 g/mol. The third kappa shape index (κ3) is 2.20. The summed E-state index contributed by atoms with van der Waals surface area (Å²) in [6, 6.07) is 3.03. The minimum absolute atomic E-state index is 0.0146. The van der Waals surface area contributed by atoms with Gasteiger partial charge in [-0.1, -0.05) is 0 Å². The molecule has 0 amide bonds. The van der Waals surface area contributed by atoms with E-state index in [2.05, 4.69) is 15.2 Å². The summed E-state index contributed by atoms with van der Waals surface area (Å²) in [6.45, 7) is 0. The molecule has 0 saturated carbocycles. The summed E-state index contributed by atoms with van der Waals surface area (Å²) in [6.07, 6.45) is -1.66. The number of fused-ring (bicyclic) bond motifs is 1. The Bertz CT molecular complexity index is 898. The van der Waals surface area contributed by atoms with Crippen molar-refractivity contribution in [1.82, 2.24) is 19.6 Å². The average Bonchev–Trinajstić information content (AvgIpc) is 2.96. The summed E-state index contributed by atoms with van der Waals surface area (Å²) in [5.41, 5.74) is -0.598. The number of aromatic nitrogens is 4. The number of nitrogens with one attached hydrogen (secondary N) is 1. The number of methoxy groups -OCH3 is 1. The molecule has 0 unspecified atom stereocenters. The van der Waals surface area contributed by atoms with Gasteiger partial charge in [-0.05, 0) is 18.2 Å². The molecule has 3 aromatic rings. The Morgan fingerprint density at radius 1 is 1.32 bits per heavy atom. The lowest BCUT2D eigenvalue weighted by atomic mass is 10.1. The number of halogens is 3. The van der Waals surface area contributed by atoms with Gasteiger partial charge in [-0.2, -0.15) is 18.3 Å². The predicted octanol–water partition coefficient (Wildman–Crippen LogP) is 2.11. The van der Waals surface area contributed by atoms with Crippen molar-refractivity contribution in [2.24, 2.45) is 0 Å². The fourth-order valence-electron chi connectivity index (χ4n) is 2.09. The van der Waals surface area contributed by atoms with Crippen LogP contribution in [0.3, 0.4) is 0 Å². The lowest BCUT2D eigenvalue weighted by molar-refractivity contribution is -0.137.